The van der Waals surface area contributed by atoms with Gasteiger partial charge in [0.25, 0.3) is 5.91 Å². The van der Waals surface area contributed by atoms with Crippen LogP contribution in [-0.4, -0.2) is 47.0 Å². The molecule has 6 nitrogen and oxygen atoms in total. The molecular formula is C23H25N5O. The molecule has 148 valence electrons. The Morgan fingerprint density at radius 2 is 1.66 bits per heavy atom. The third kappa shape index (κ3) is 4.71. The Morgan fingerprint density at radius 1 is 0.931 bits per heavy atom. The van der Waals surface area contributed by atoms with E-state index in [4.69, 9.17) is 0 Å². The topological polar surface area (TPSA) is 61.4 Å². The van der Waals surface area contributed by atoms with Crippen LogP contribution in [0.1, 0.15) is 21.6 Å². The monoisotopic (exact) mass is 387 g/mol. The molecular weight excluding hydrogens is 362 g/mol. The zero-order valence-electron chi connectivity index (χ0n) is 16.6. The van der Waals surface area contributed by atoms with Crippen molar-refractivity contribution in [2.24, 2.45) is 0 Å². The van der Waals surface area contributed by atoms with Gasteiger partial charge in [0.15, 0.2) is 0 Å². The Hall–Kier alpha value is -3.41. The number of aromatic nitrogens is 2. The van der Waals surface area contributed by atoms with E-state index in [-0.39, 0.29) is 5.91 Å². The molecule has 0 radical (unpaired) electrons. The maximum Gasteiger partial charge on any atom is 0.274 e. The second-order valence-electron chi connectivity index (χ2n) is 7.24. The molecule has 4 rings (SSSR count). The van der Waals surface area contributed by atoms with Crippen molar-refractivity contribution in [3.63, 3.8) is 0 Å². The first-order valence-corrected chi connectivity index (χ1v) is 9.90. The third-order valence-corrected chi connectivity index (χ3v) is 5.15. The molecule has 2 heterocycles. The van der Waals surface area contributed by atoms with Crippen molar-refractivity contribution in [1.29, 1.82) is 0 Å². The van der Waals surface area contributed by atoms with Gasteiger partial charge in [0.05, 0.1) is 12.4 Å². The van der Waals surface area contributed by atoms with E-state index in [1.807, 2.05) is 23.1 Å². The SMILES string of the molecule is Cc1ccc(CNc2cnc(C(=O)N3CCN(c4ccccc4)CC3)cn2)cc1. The summed E-state index contributed by atoms with van der Waals surface area (Å²) in [6.07, 6.45) is 3.19. The molecule has 1 aliphatic heterocycles. The number of nitrogens with one attached hydrogen (secondary N) is 1. The smallest absolute Gasteiger partial charge is 0.274 e. The predicted molar refractivity (Wildman–Crippen MR) is 115 cm³/mol. The third-order valence-electron chi connectivity index (χ3n) is 5.15. The molecule has 0 aliphatic carbocycles. The first-order valence-electron chi connectivity index (χ1n) is 9.90. The number of carbonyl (C=O) groups excluding carboxylic acids is 1. The van der Waals surface area contributed by atoms with Crippen LogP contribution >= 0.6 is 0 Å². The number of aryl methyl sites for hydroxylation is 1. The van der Waals surface area contributed by atoms with Crippen molar-refractivity contribution < 1.29 is 4.79 Å². The van der Waals surface area contributed by atoms with E-state index in [1.165, 1.54) is 16.8 Å². The van der Waals surface area contributed by atoms with E-state index in [1.54, 1.807) is 12.4 Å². The van der Waals surface area contributed by atoms with Crippen molar-refractivity contribution in [1.82, 2.24) is 14.9 Å². The van der Waals surface area contributed by atoms with Crippen LogP contribution in [-0.2, 0) is 6.54 Å². The lowest BCUT2D eigenvalue weighted by Crippen LogP contribution is -2.49. The molecule has 3 aromatic rings. The number of carbonyl (C=O) groups is 1. The average molecular weight is 387 g/mol. The number of anilines is 2. The molecule has 29 heavy (non-hydrogen) atoms. The van der Waals surface area contributed by atoms with Crippen LogP contribution in [0.15, 0.2) is 67.0 Å². The zero-order chi connectivity index (χ0) is 20.1. The van der Waals surface area contributed by atoms with Crippen LogP contribution in [0.25, 0.3) is 0 Å². The Bertz CT molecular complexity index is 933. The first-order chi connectivity index (χ1) is 14.2. The number of benzene rings is 2. The summed E-state index contributed by atoms with van der Waals surface area (Å²) in [5.41, 5.74) is 4.00. The Balaban J connectivity index is 1.31. The second-order valence-corrected chi connectivity index (χ2v) is 7.24. The lowest BCUT2D eigenvalue weighted by Gasteiger charge is -2.35. The fourth-order valence-corrected chi connectivity index (χ4v) is 3.40. The Labute approximate surface area is 171 Å². The van der Waals surface area contributed by atoms with Gasteiger partial charge in [-0.15, -0.1) is 0 Å². The minimum Gasteiger partial charge on any atom is -0.368 e. The molecule has 0 saturated carbocycles. The lowest BCUT2D eigenvalue weighted by atomic mass is 10.1. The van der Waals surface area contributed by atoms with Crippen LogP contribution < -0.4 is 10.2 Å². The van der Waals surface area contributed by atoms with E-state index < -0.39 is 0 Å². The Kier molecular flexibility index (Phi) is 5.70. The van der Waals surface area contributed by atoms with Gasteiger partial charge < -0.3 is 15.1 Å². The molecule has 0 unspecified atom stereocenters. The average Bonchev–Trinajstić information content (AvgIpc) is 2.79. The highest BCUT2D eigenvalue weighted by Gasteiger charge is 2.23. The molecule has 0 spiro atoms. The molecule has 1 aromatic heterocycles. The molecule has 1 N–H and O–H groups in total. The van der Waals surface area contributed by atoms with Gasteiger partial charge in [-0.1, -0.05) is 48.0 Å². The van der Waals surface area contributed by atoms with Crippen LogP contribution in [0, 0.1) is 6.92 Å². The molecule has 2 aromatic carbocycles. The molecule has 1 saturated heterocycles. The van der Waals surface area contributed by atoms with Gasteiger partial charge >= 0.3 is 0 Å². The van der Waals surface area contributed by atoms with E-state index in [0.29, 0.717) is 31.1 Å². The number of para-hydroxylation sites is 1. The van der Waals surface area contributed by atoms with Gasteiger partial charge in [0.2, 0.25) is 0 Å². The summed E-state index contributed by atoms with van der Waals surface area (Å²) in [7, 11) is 0. The summed E-state index contributed by atoms with van der Waals surface area (Å²) < 4.78 is 0. The standard InChI is InChI=1S/C23H25N5O/c1-18-7-9-19(10-8-18)15-25-22-17-24-21(16-26-22)23(29)28-13-11-27(12-14-28)20-5-3-2-4-6-20/h2-10,16-17H,11-15H2,1H3,(H,25,26). The molecule has 1 fully saturated rings. The van der Waals surface area contributed by atoms with Gasteiger partial charge in [-0.3, -0.25) is 4.79 Å². The number of piperazine rings is 1. The number of nitrogens with zero attached hydrogens (tertiary/aromatic N) is 4. The molecule has 0 atom stereocenters. The van der Waals surface area contributed by atoms with Crippen molar-refractivity contribution in [3.8, 4) is 0 Å². The van der Waals surface area contributed by atoms with Crippen LogP contribution in [0.5, 0.6) is 0 Å². The predicted octanol–water partition coefficient (Wildman–Crippen LogP) is 3.36. The molecule has 6 heteroatoms. The van der Waals surface area contributed by atoms with Gasteiger partial charge in [-0.25, -0.2) is 9.97 Å². The fourth-order valence-electron chi connectivity index (χ4n) is 3.40. The van der Waals surface area contributed by atoms with Crippen molar-refractivity contribution in [2.45, 2.75) is 13.5 Å². The van der Waals surface area contributed by atoms with E-state index in [0.717, 1.165) is 13.1 Å². The largest absolute Gasteiger partial charge is 0.368 e. The van der Waals surface area contributed by atoms with Crippen LogP contribution in [0.3, 0.4) is 0 Å². The summed E-state index contributed by atoms with van der Waals surface area (Å²) in [5, 5.41) is 3.24. The van der Waals surface area contributed by atoms with Gasteiger partial charge in [-0.2, -0.15) is 0 Å². The highest BCUT2D eigenvalue weighted by molar-refractivity contribution is 5.92. The minimum atomic E-state index is -0.0599. The highest BCUT2D eigenvalue weighted by atomic mass is 16.2. The minimum absolute atomic E-state index is 0.0599. The number of hydrogen-bond donors (Lipinski definition) is 1. The van der Waals surface area contributed by atoms with Crippen molar-refractivity contribution in [2.75, 3.05) is 36.4 Å². The maximum absolute atomic E-state index is 12.7. The molecule has 1 amide bonds. The van der Waals surface area contributed by atoms with Gasteiger partial charge in [0, 0.05) is 38.4 Å². The second kappa shape index (κ2) is 8.73. The highest BCUT2D eigenvalue weighted by Crippen LogP contribution is 2.16. The lowest BCUT2D eigenvalue weighted by molar-refractivity contribution is 0.0740. The fraction of sp³-hybridized carbons (Fsp3) is 0.261. The summed E-state index contributed by atoms with van der Waals surface area (Å²) in [5.74, 6) is 0.603. The quantitative estimate of drug-likeness (QED) is 0.727. The van der Waals surface area contributed by atoms with Crippen LogP contribution in [0.2, 0.25) is 0 Å². The normalized spacial score (nSPS) is 14.0. The van der Waals surface area contributed by atoms with Gasteiger partial charge in [-0.05, 0) is 24.6 Å². The number of amides is 1. The first kappa shape index (κ1) is 18.9. The van der Waals surface area contributed by atoms with Crippen molar-refractivity contribution in [3.05, 3.63) is 83.8 Å². The number of rotatable bonds is 5. The molecule has 0 bridgehead atoms. The molecule has 1 aliphatic rings. The number of hydrogen-bond acceptors (Lipinski definition) is 5. The van der Waals surface area contributed by atoms with Gasteiger partial charge in [0.1, 0.15) is 11.5 Å². The summed E-state index contributed by atoms with van der Waals surface area (Å²) in [6.45, 7) is 5.74. The summed E-state index contributed by atoms with van der Waals surface area (Å²) in [6, 6.07) is 18.6. The van der Waals surface area contributed by atoms with E-state index >= 15 is 0 Å². The summed E-state index contributed by atoms with van der Waals surface area (Å²) >= 11 is 0. The maximum atomic E-state index is 12.7. The Morgan fingerprint density at radius 3 is 2.31 bits per heavy atom. The summed E-state index contributed by atoms with van der Waals surface area (Å²) in [4.78, 5) is 25.6. The van der Waals surface area contributed by atoms with E-state index in [9.17, 15) is 4.79 Å². The zero-order valence-corrected chi connectivity index (χ0v) is 16.6. The van der Waals surface area contributed by atoms with Crippen molar-refractivity contribution >= 4 is 17.4 Å². The van der Waals surface area contributed by atoms with Crippen LogP contribution in [0.4, 0.5) is 11.5 Å². The van der Waals surface area contributed by atoms with E-state index in [2.05, 4.69) is 63.5 Å².